The Balaban J connectivity index is 2.33. The third kappa shape index (κ3) is 2.55. The first-order chi connectivity index (χ1) is 8.31. The van der Waals surface area contributed by atoms with Gasteiger partial charge < -0.3 is 5.32 Å². The normalized spacial score (nSPS) is 9.65. The SMILES string of the molecule is O=CC(=O)c1cccnc1Nc1ccccc1. The van der Waals surface area contributed by atoms with Crippen molar-refractivity contribution in [3.8, 4) is 0 Å². The molecular formula is C13H10N2O2. The number of hydrogen-bond donors (Lipinski definition) is 1. The van der Waals surface area contributed by atoms with Gasteiger partial charge in [0.15, 0.2) is 6.29 Å². The van der Waals surface area contributed by atoms with Gasteiger partial charge in [-0.15, -0.1) is 0 Å². The Morgan fingerprint density at radius 3 is 2.59 bits per heavy atom. The van der Waals surface area contributed by atoms with E-state index in [9.17, 15) is 9.59 Å². The number of carbonyl (C=O) groups excluding carboxylic acids is 2. The summed E-state index contributed by atoms with van der Waals surface area (Å²) in [5.41, 5.74) is 1.08. The molecule has 0 radical (unpaired) electrons. The fourth-order valence-electron chi connectivity index (χ4n) is 1.43. The number of Topliss-reactive ketones (excluding diaryl/α,β-unsaturated/α-hetero) is 1. The summed E-state index contributed by atoms with van der Waals surface area (Å²) in [6.07, 6.45) is 1.85. The van der Waals surface area contributed by atoms with Gasteiger partial charge in [0, 0.05) is 11.9 Å². The molecular weight excluding hydrogens is 216 g/mol. The van der Waals surface area contributed by atoms with E-state index in [0.29, 0.717) is 5.82 Å². The van der Waals surface area contributed by atoms with E-state index in [-0.39, 0.29) is 11.8 Å². The number of rotatable bonds is 4. The summed E-state index contributed by atoms with van der Waals surface area (Å²) >= 11 is 0. The first-order valence-corrected chi connectivity index (χ1v) is 5.08. The molecule has 0 saturated carbocycles. The average Bonchev–Trinajstić information content (AvgIpc) is 2.40. The fourth-order valence-corrected chi connectivity index (χ4v) is 1.43. The standard InChI is InChI=1S/C13H10N2O2/c16-9-12(17)11-7-4-8-14-13(11)15-10-5-2-1-3-6-10/h1-9H,(H,14,15). The molecule has 84 valence electrons. The summed E-state index contributed by atoms with van der Waals surface area (Å²) in [6.45, 7) is 0. The molecule has 1 heterocycles. The molecule has 0 atom stereocenters. The lowest BCUT2D eigenvalue weighted by Crippen LogP contribution is -2.06. The number of pyridine rings is 1. The second-order valence-electron chi connectivity index (χ2n) is 3.37. The van der Waals surface area contributed by atoms with E-state index in [2.05, 4.69) is 10.3 Å². The number of aldehydes is 1. The summed E-state index contributed by atoms with van der Waals surface area (Å²) in [7, 11) is 0. The second-order valence-corrected chi connectivity index (χ2v) is 3.37. The molecule has 1 aromatic carbocycles. The number of para-hydroxylation sites is 1. The Hall–Kier alpha value is -2.49. The Morgan fingerprint density at radius 2 is 1.88 bits per heavy atom. The van der Waals surface area contributed by atoms with E-state index in [1.807, 2.05) is 30.3 Å². The molecule has 2 aromatic rings. The van der Waals surface area contributed by atoms with Crippen molar-refractivity contribution in [3.63, 3.8) is 0 Å². The van der Waals surface area contributed by atoms with Crippen LogP contribution < -0.4 is 5.32 Å². The van der Waals surface area contributed by atoms with Crippen molar-refractivity contribution in [1.29, 1.82) is 0 Å². The molecule has 0 aliphatic rings. The fraction of sp³-hybridized carbons (Fsp3) is 0. The summed E-state index contributed by atoms with van der Waals surface area (Å²) in [6, 6.07) is 12.5. The van der Waals surface area contributed by atoms with Crippen molar-refractivity contribution in [3.05, 3.63) is 54.2 Å². The van der Waals surface area contributed by atoms with Crippen LogP contribution >= 0.6 is 0 Å². The largest absolute Gasteiger partial charge is 0.340 e. The highest BCUT2D eigenvalue weighted by Crippen LogP contribution is 2.17. The smallest absolute Gasteiger partial charge is 0.229 e. The van der Waals surface area contributed by atoms with Crippen molar-refractivity contribution in [2.24, 2.45) is 0 Å². The first kappa shape index (κ1) is 11.0. The van der Waals surface area contributed by atoms with Crippen LogP contribution in [-0.2, 0) is 4.79 Å². The average molecular weight is 226 g/mol. The first-order valence-electron chi connectivity index (χ1n) is 5.08. The van der Waals surface area contributed by atoms with Gasteiger partial charge in [-0.25, -0.2) is 4.98 Å². The van der Waals surface area contributed by atoms with Gasteiger partial charge in [-0.3, -0.25) is 9.59 Å². The van der Waals surface area contributed by atoms with Crippen LogP contribution in [0, 0.1) is 0 Å². The number of benzene rings is 1. The van der Waals surface area contributed by atoms with E-state index < -0.39 is 5.78 Å². The quantitative estimate of drug-likeness (QED) is 0.493. The van der Waals surface area contributed by atoms with E-state index >= 15 is 0 Å². The van der Waals surface area contributed by atoms with E-state index in [4.69, 9.17) is 0 Å². The molecule has 0 aliphatic carbocycles. The third-order valence-corrected chi connectivity index (χ3v) is 2.22. The molecule has 4 nitrogen and oxygen atoms in total. The second kappa shape index (κ2) is 5.03. The summed E-state index contributed by atoms with van der Waals surface area (Å²) < 4.78 is 0. The molecule has 17 heavy (non-hydrogen) atoms. The Labute approximate surface area is 98.3 Å². The van der Waals surface area contributed by atoms with Crippen LogP contribution in [0.15, 0.2) is 48.7 Å². The lowest BCUT2D eigenvalue weighted by Gasteiger charge is -2.07. The monoisotopic (exact) mass is 226 g/mol. The van der Waals surface area contributed by atoms with Crippen molar-refractivity contribution in [2.45, 2.75) is 0 Å². The maximum absolute atomic E-state index is 11.4. The van der Waals surface area contributed by atoms with Crippen molar-refractivity contribution >= 4 is 23.6 Å². The molecule has 0 spiro atoms. The van der Waals surface area contributed by atoms with Crippen molar-refractivity contribution in [1.82, 2.24) is 4.98 Å². The van der Waals surface area contributed by atoms with Gasteiger partial charge in [-0.1, -0.05) is 18.2 Å². The predicted octanol–water partition coefficient (Wildman–Crippen LogP) is 2.21. The van der Waals surface area contributed by atoms with Gasteiger partial charge >= 0.3 is 0 Å². The van der Waals surface area contributed by atoms with Gasteiger partial charge in [-0.2, -0.15) is 0 Å². The minimum atomic E-state index is -0.587. The number of nitrogens with zero attached hydrogens (tertiary/aromatic N) is 1. The van der Waals surface area contributed by atoms with Crippen LogP contribution in [0.5, 0.6) is 0 Å². The van der Waals surface area contributed by atoms with Crippen molar-refractivity contribution in [2.75, 3.05) is 5.32 Å². The maximum Gasteiger partial charge on any atom is 0.229 e. The Bertz CT molecular complexity index is 538. The highest BCUT2D eigenvalue weighted by Gasteiger charge is 2.10. The molecule has 1 N–H and O–H groups in total. The topological polar surface area (TPSA) is 59.1 Å². The molecule has 0 bridgehead atoms. The van der Waals surface area contributed by atoms with Crippen LogP contribution in [0.1, 0.15) is 10.4 Å². The van der Waals surface area contributed by atoms with Gasteiger partial charge in [0.05, 0.1) is 5.56 Å². The van der Waals surface area contributed by atoms with E-state index in [1.54, 1.807) is 18.3 Å². The Kier molecular flexibility index (Phi) is 3.25. The predicted molar refractivity (Wildman–Crippen MR) is 64.4 cm³/mol. The van der Waals surface area contributed by atoms with Crippen LogP contribution in [0.3, 0.4) is 0 Å². The van der Waals surface area contributed by atoms with E-state index in [1.165, 1.54) is 0 Å². The number of anilines is 2. The lowest BCUT2D eigenvalue weighted by atomic mass is 10.2. The van der Waals surface area contributed by atoms with Gasteiger partial charge in [-0.05, 0) is 24.3 Å². The molecule has 0 saturated heterocycles. The zero-order valence-corrected chi connectivity index (χ0v) is 8.96. The molecule has 0 aliphatic heterocycles. The van der Waals surface area contributed by atoms with Crippen LogP contribution in [0.4, 0.5) is 11.5 Å². The lowest BCUT2D eigenvalue weighted by molar-refractivity contribution is -0.104. The number of hydrogen-bond acceptors (Lipinski definition) is 4. The zero-order chi connectivity index (χ0) is 12.1. The third-order valence-electron chi connectivity index (χ3n) is 2.22. The summed E-state index contributed by atoms with van der Waals surface area (Å²) in [4.78, 5) is 25.9. The molecule has 1 aromatic heterocycles. The molecule has 4 heteroatoms. The zero-order valence-electron chi connectivity index (χ0n) is 8.96. The number of aromatic nitrogens is 1. The highest BCUT2D eigenvalue weighted by atomic mass is 16.2. The van der Waals surface area contributed by atoms with E-state index in [0.717, 1.165) is 5.69 Å². The van der Waals surface area contributed by atoms with Crippen LogP contribution in [-0.4, -0.2) is 17.1 Å². The summed E-state index contributed by atoms with van der Waals surface area (Å²) in [5, 5.41) is 3.00. The van der Waals surface area contributed by atoms with Gasteiger partial charge in [0.2, 0.25) is 5.78 Å². The van der Waals surface area contributed by atoms with Crippen LogP contribution in [0.2, 0.25) is 0 Å². The molecule has 0 unspecified atom stereocenters. The van der Waals surface area contributed by atoms with Gasteiger partial charge in [0.1, 0.15) is 5.82 Å². The number of nitrogens with one attached hydrogen (secondary N) is 1. The Morgan fingerprint density at radius 1 is 1.12 bits per heavy atom. The van der Waals surface area contributed by atoms with Crippen LogP contribution in [0.25, 0.3) is 0 Å². The molecule has 0 fully saturated rings. The minimum Gasteiger partial charge on any atom is -0.340 e. The highest BCUT2D eigenvalue weighted by molar-refractivity contribution is 6.34. The molecule has 2 rings (SSSR count). The van der Waals surface area contributed by atoms with Crippen molar-refractivity contribution < 1.29 is 9.59 Å². The maximum atomic E-state index is 11.4. The molecule has 0 amide bonds. The number of carbonyl (C=O) groups is 2. The number of ketones is 1. The van der Waals surface area contributed by atoms with Gasteiger partial charge in [0.25, 0.3) is 0 Å². The summed E-state index contributed by atoms with van der Waals surface area (Å²) in [5.74, 6) is -0.202. The minimum absolute atomic E-state index is 0.270.